The van der Waals surface area contributed by atoms with E-state index in [9.17, 15) is 24.6 Å². The number of rotatable bonds is 6. The number of aliphatic carboxylic acids is 2. The number of hydrogen-bond donors (Lipinski definition) is 2. The van der Waals surface area contributed by atoms with Crippen LogP contribution in [0.15, 0.2) is 11.6 Å². The predicted octanol–water partition coefficient (Wildman–Crippen LogP) is 7.12. The van der Waals surface area contributed by atoms with E-state index in [1.807, 2.05) is 0 Å². The number of carbonyl (C=O) groups is 3. The van der Waals surface area contributed by atoms with Crippen LogP contribution in [0.2, 0.25) is 0 Å². The average Bonchev–Trinajstić information content (AvgIpc) is 2.79. The maximum absolute atomic E-state index is 12.4. The SMILES string of the molecule is CC(=O)OCC1(C)CCC2(C)CCC3(C)C(=CCC4C(C)(CC(=O)O)C(C(C)(C)C(=O)O)CCC43C)C2C1. The summed E-state index contributed by atoms with van der Waals surface area (Å²) in [5, 5.41) is 20.2. The standard InChI is InChI=1S/C32H50O6/c1-20(33)38-19-28(4)13-14-29(5)15-16-31(7)21(22(29)17-28)9-10-24-30(6,18-25(34)35)23(11-12-32(24,31)8)27(2,3)26(36)37/h9,22-24H,10-19H2,1-8H3,(H,34,35)(H,36,37). The van der Waals surface area contributed by atoms with Gasteiger partial charge in [0.15, 0.2) is 0 Å². The van der Waals surface area contributed by atoms with E-state index in [0.717, 1.165) is 51.4 Å². The van der Waals surface area contributed by atoms with E-state index in [1.54, 1.807) is 13.8 Å². The lowest BCUT2D eigenvalue weighted by Gasteiger charge is -2.69. The minimum atomic E-state index is -0.997. The zero-order valence-corrected chi connectivity index (χ0v) is 24.9. The largest absolute Gasteiger partial charge is 0.481 e. The number of carboxylic acid groups (broad SMARTS) is 2. The van der Waals surface area contributed by atoms with Gasteiger partial charge in [-0.2, -0.15) is 0 Å². The Balaban J connectivity index is 1.77. The van der Waals surface area contributed by atoms with Crippen LogP contribution in [0.5, 0.6) is 0 Å². The summed E-state index contributed by atoms with van der Waals surface area (Å²) < 4.78 is 5.53. The maximum Gasteiger partial charge on any atom is 0.309 e. The van der Waals surface area contributed by atoms with Gasteiger partial charge in [0.25, 0.3) is 0 Å². The molecule has 0 aliphatic heterocycles. The van der Waals surface area contributed by atoms with E-state index in [-0.39, 0.29) is 45.9 Å². The first-order valence-electron chi connectivity index (χ1n) is 14.6. The third-order valence-corrected chi connectivity index (χ3v) is 12.8. The molecule has 0 saturated heterocycles. The molecule has 6 nitrogen and oxygen atoms in total. The summed E-state index contributed by atoms with van der Waals surface area (Å²) in [6.07, 6.45) is 10.3. The fourth-order valence-corrected chi connectivity index (χ4v) is 10.1. The van der Waals surface area contributed by atoms with Gasteiger partial charge in [-0.25, -0.2) is 0 Å². The molecule has 4 rings (SSSR count). The Kier molecular flexibility index (Phi) is 6.97. The van der Waals surface area contributed by atoms with E-state index >= 15 is 0 Å². The molecule has 4 aliphatic carbocycles. The van der Waals surface area contributed by atoms with Gasteiger partial charge in [-0.15, -0.1) is 0 Å². The number of allylic oxidation sites excluding steroid dienone is 2. The molecule has 8 atom stereocenters. The summed E-state index contributed by atoms with van der Waals surface area (Å²) in [6, 6.07) is 0. The Hall–Kier alpha value is -1.85. The van der Waals surface area contributed by atoms with Crippen molar-refractivity contribution in [2.24, 2.45) is 50.2 Å². The molecular weight excluding hydrogens is 480 g/mol. The van der Waals surface area contributed by atoms with Crippen LogP contribution in [0, 0.1) is 50.2 Å². The Bertz CT molecular complexity index is 1040. The third kappa shape index (κ3) is 4.23. The van der Waals surface area contributed by atoms with Crippen LogP contribution >= 0.6 is 0 Å². The van der Waals surface area contributed by atoms with Crippen LogP contribution in [0.3, 0.4) is 0 Å². The lowest BCUT2D eigenvalue weighted by molar-refractivity contribution is -0.187. The molecule has 214 valence electrons. The van der Waals surface area contributed by atoms with Gasteiger partial charge in [0.05, 0.1) is 18.4 Å². The molecule has 0 spiro atoms. The highest BCUT2D eigenvalue weighted by molar-refractivity contribution is 5.75. The molecule has 2 N–H and O–H groups in total. The molecule has 6 heteroatoms. The topological polar surface area (TPSA) is 101 Å². The summed E-state index contributed by atoms with van der Waals surface area (Å²) in [5.74, 6) is -1.61. The zero-order chi connectivity index (χ0) is 28.5. The maximum atomic E-state index is 12.4. The monoisotopic (exact) mass is 530 g/mol. The van der Waals surface area contributed by atoms with Crippen LogP contribution in [-0.4, -0.2) is 34.7 Å². The minimum Gasteiger partial charge on any atom is -0.481 e. The molecule has 0 aromatic rings. The van der Waals surface area contributed by atoms with Gasteiger partial charge in [-0.05, 0) is 105 Å². The Morgan fingerprint density at radius 1 is 1.00 bits per heavy atom. The van der Waals surface area contributed by atoms with Gasteiger partial charge in [0.2, 0.25) is 0 Å². The number of ether oxygens (including phenoxy) is 1. The molecule has 8 unspecified atom stereocenters. The van der Waals surface area contributed by atoms with E-state index in [2.05, 4.69) is 40.7 Å². The van der Waals surface area contributed by atoms with Crippen LogP contribution < -0.4 is 0 Å². The molecule has 0 aromatic carbocycles. The van der Waals surface area contributed by atoms with Gasteiger partial charge in [-0.1, -0.05) is 46.3 Å². The van der Waals surface area contributed by atoms with Crippen molar-refractivity contribution >= 4 is 17.9 Å². The first-order chi connectivity index (χ1) is 17.3. The Labute approximate surface area is 229 Å². The Morgan fingerprint density at radius 2 is 1.63 bits per heavy atom. The molecule has 0 aromatic heterocycles. The van der Waals surface area contributed by atoms with Crippen molar-refractivity contribution in [2.75, 3.05) is 6.61 Å². The summed E-state index contributed by atoms with van der Waals surface area (Å²) in [6.45, 7) is 17.1. The normalized spacial score (nSPS) is 44.6. The quantitative estimate of drug-likeness (QED) is 0.280. The van der Waals surface area contributed by atoms with Crippen molar-refractivity contribution in [3.8, 4) is 0 Å². The van der Waals surface area contributed by atoms with Crippen molar-refractivity contribution in [3.63, 3.8) is 0 Å². The number of esters is 1. The molecule has 3 saturated carbocycles. The summed E-state index contributed by atoms with van der Waals surface area (Å²) >= 11 is 0. The number of carboxylic acids is 2. The van der Waals surface area contributed by atoms with Crippen molar-refractivity contribution < 1.29 is 29.3 Å². The predicted molar refractivity (Wildman–Crippen MR) is 146 cm³/mol. The zero-order valence-electron chi connectivity index (χ0n) is 24.9. The van der Waals surface area contributed by atoms with Gasteiger partial charge in [0, 0.05) is 12.3 Å². The van der Waals surface area contributed by atoms with Gasteiger partial charge < -0.3 is 14.9 Å². The van der Waals surface area contributed by atoms with E-state index < -0.39 is 22.8 Å². The molecule has 0 bridgehead atoms. The highest BCUT2D eigenvalue weighted by atomic mass is 16.5. The van der Waals surface area contributed by atoms with Crippen LogP contribution in [0.4, 0.5) is 0 Å². The van der Waals surface area contributed by atoms with Crippen molar-refractivity contribution in [2.45, 2.75) is 113 Å². The van der Waals surface area contributed by atoms with Crippen molar-refractivity contribution in [3.05, 3.63) is 11.6 Å². The molecule has 38 heavy (non-hydrogen) atoms. The number of carbonyl (C=O) groups excluding carboxylic acids is 1. The second-order valence-corrected chi connectivity index (χ2v) is 15.4. The van der Waals surface area contributed by atoms with Gasteiger partial charge >= 0.3 is 17.9 Å². The highest BCUT2D eigenvalue weighted by Gasteiger charge is 2.67. The van der Waals surface area contributed by atoms with Gasteiger partial charge in [0.1, 0.15) is 0 Å². The molecular formula is C32H50O6. The lowest BCUT2D eigenvalue weighted by atomic mass is 9.34. The van der Waals surface area contributed by atoms with Crippen LogP contribution in [-0.2, 0) is 19.1 Å². The molecule has 0 heterocycles. The smallest absolute Gasteiger partial charge is 0.309 e. The first-order valence-corrected chi connectivity index (χ1v) is 14.6. The molecule has 3 fully saturated rings. The third-order valence-electron chi connectivity index (χ3n) is 12.8. The first kappa shape index (κ1) is 29.1. The highest BCUT2D eigenvalue weighted by Crippen LogP contribution is 2.74. The summed E-state index contributed by atoms with van der Waals surface area (Å²) in [7, 11) is 0. The molecule has 0 radical (unpaired) electrons. The minimum absolute atomic E-state index is 0.00448. The fourth-order valence-electron chi connectivity index (χ4n) is 10.1. The number of fused-ring (bicyclic) bond motifs is 5. The number of hydrogen-bond acceptors (Lipinski definition) is 4. The summed E-state index contributed by atoms with van der Waals surface area (Å²) in [5.41, 5.74) is -0.0978. The fraction of sp³-hybridized carbons (Fsp3) is 0.844. The lowest BCUT2D eigenvalue weighted by Crippen LogP contribution is -2.63. The molecule has 4 aliphatic rings. The Morgan fingerprint density at radius 3 is 2.21 bits per heavy atom. The van der Waals surface area contributed by atoms with E-state index in [4.69, 9.17) is 4.74 Å². The van der Waals surface area contributed by atoms with Crippen molar-refractivity contribution in [1.82, 2.24) is 0 Å². The summed E-state index contributed by atoms with van der Waals surface area (Å²) in [4.78, 5) is 36.3. The van der Waals surface area contributed by atoms with Crippen LogP contribution in [0.25, 0.3) is 0 Å². The molecule has 0 amide bonds. The van der Waals surface area contributed by atoms with E-state index in [0.29, 0.717) is 12.5 Å². The second-order valence-electron chi connectivity index (χ2n) is 15.4. The second kappa shape index (κ2) is 9.09. The van der Waals surface area contributed by atoms with Crippen molar-refractivity contribution in [1.29, 1.82) is 0 Å². The van der Waals surface area contributed by atoms with Gasteiger partial charge in [-0.3, -0.25) is 14.4 Å². The average molecular weight is 531 g/mol. The van der Waals surface area contributed by atoms with E-state index in [1.165, 1.54) is 12.5 Å². The van der Waals surface area contributed by atoms with Crippen LogP contribution in [0.1, 0.15) is 113 Å².